The highest BCUT2D eigenvalue weighted by Gasteiger charge is 2.00. The predicted octanol–water partition coefficient (Wildman–Crippen LogP) is 2.12. The molecule has 0 fully saturated rings. The summed E-state index contributed by atoms with van der Waals surface area (Å²) in [5, 5.41) is 0. The van der Waals surface area contributed by atoms with Crippen molar-refractivity contribution < 1.29 is 0 Å². The maximum absolute atomic E-state index is 5.88. The molecule has 2 nitrogen and oxygen atoms in total. The normalized spacial score (nSPS) is 10.3. The molecule has 0 unspecified atom stereocenters. The molecule has 0 heterocycles. The largest absolute Gasteiger partial charge is 0.398 e. The van der Waals surface area contributed by atoms with Gasteiger partial charge in [-0.05, 0) is 35.2 Å². The van der Waals surface area contributed by atoms with Gasteiger partial charge in [-0.3, -0.25) is 0 Å². The Morgan fingerprint density at radius 1 is 1.12 bits per heavy atom. The first-order valence-corrected chi connectivity index (χ1v) is 5.32. The van der Waals surface area contributed by atoms with Gasteiger partial charge < -0.3 is 11.5 Å². The first kappa shape index (κ1) is 10.7. The Balaban J connectivity index is 2.24. The van der Waals surface area contributed by atoms with Gasteiger partial charge in [0.05, 0.1) is 0 Å². The smallest absolute Gasteiger partial charge is 0.0356 e. The molecule has 0 aliphatic rings. The molecule has 0 aliphatic heterocycles. The first-order chi connectivity index (χ1) is 7.79. The zero-order valence-electron chi connectivity index (χ0n) is 9.11. The van der Waals surface area contributed by atoms with Crippen LogP contribution in [0.2, 0.25) is 0 Å². The van der Waals surface area contributed by atoms with Crippen LogP contribution in [0.4, 0.5) is 5.69 Å². The quantitative estimate of drug-likeness (QED) is 0.764. The number of benzene rings is 2. The zero-order chi connectivity index (χ0) is 11.4. The second-order valence-corrected chi connectivity index (χ2v) is 3.83. The number of hydrogen-bond acceptors (Lipinski definition) is 2. The molecule has 4 N–H and O–H groups in total. The van der Waals surface area contributed by atoms with E-state index in [-0.39, 0.29) is 0 Å². The molecule has 2 heteroatoms. The van der Waals surface area contributed by atoms with E-state index >= 15 is 0 Å². The summed E-state index contributed by atoms with van der Waals surface area (Å²) in [5.41, 5.74) is 15.8. The lowest BCUT2D eigenvalue weighted by Crippen LogP contribution is -1.99. The van der Waals surface area contributed by atoms with Crippen LogP contribution in [0.5, 0.6) is 0 Å². The highest BCUT2D eigenvalue weighted by Crippen LogP contribution is 2.16. The van der Waals surface area contributed by atoms with Crippen LogP contribution >= 0.6 is 0 Å². The molecule has 0 amide bonds. The fourth-order valence-corrected chi connectivity index (χ4v) is 1.72. The minimum atomic E-state index is 0.575. The van der Waals surface area contributed by atoms with Crippen molar-refractivity contribution >= 4 is 5.69 Å². The predicted molar refractivity (Wildman–Crippen MR) is 66.8 cm³/mol. The lowest BCUT2D eigenvalue weighted by Gasteiger charge is -2.06. The second-order valence-electron chi connectivity index (χ2n) is 3.83. The molecule has 0 saturated heterocycles. The van der Waals surface area contributed by atoms with Crippen LogP contribution in [0.15, 0.2) is 42.5 Å². The van der Waals surface area contributed by atoms with Crippen molar-refractivity contribution in [3.05, 3.63) is 65.2 Å². The molecule has 2 aromatic carbocycles. The summed E-state index contributed by atoms with van der Waals surface area (Å²) in [6.07, 6.45) is 0.842. The number of anilines is 1. The highest BCUT2D eigenvalue weighted by molar-refractivity contribution is 5.48. The van der Waals surface area contributed by atoms with Crippen LogP contribution in [0.25, 0.3) is 0 Å². The first-order valence-electron chi connectivity index (χ1n) is 5.32. The van der Waals surface area contributed by atoms with Crippen molar-refractivity contribution in [3.8, 4) is 0 Å². The van der Waals surface area contributed by atoms with Crippen LogP contribution in [0, 0.1) is 6.07 Å². The van der Waals surface area contributed by atoms with Gasteiger partial charge >= 0.3 is 0 Å². The topological polar surface area (TPSA) is 52.0 Å². The molecule has 0 spiro atoms. The lowest BCUT2D eigenvalue weighted by atomic mass is 10.0. The molecular weight excluding hydrogens is 196 g/mol. The molecular formula is C14H15N2. The van der Waals surface area contributed by atoms with E-state index in [0.717, 1.165) is 23.2 Å². The molecule has 2 rings (SSSR count). The number of nitrogens with two attached hydrogens (primary N) is 2. The van der Waals surface area contributed by atoms with Crippen LogP contribution in [0.3, 0.4) is 0 Å². The summed E-state index contributed by atoms with van der Waals surface area (Å²) in [7, 11) is 0. The van der Waals surface area contributed by atoms with Crippen molar-refractivity contribution in [3.63, 3.8) is 0 Å². The van der Waals surface area contributed by atoms with Gasteiger partial charge in [-0.1, -0.05) is 36.4 Å². The van der Waals surface area contributed by atoms with E-state index in [1.807, 2.05) is 30.3 Å². The zero-order valence-corrected chi connectivity index (χ0v) is 9.11. The average Bonchev–Trinajstić information content (AvgIpc) is 2.32. The molecule has 0 atom stereocenters. The Morgan fingerprint density at radius 2 is 1.94 bits per heavy atom. The molecule has 0 aliphatic carbocycles. The van der Waals surface area contributed by atoms with E-state index in [9.17, 15) is 0 Å². The fourth-order valence-electron chi connectivity index (χ4n) is 1.72. The molecule has 0 aromatic heterocycles. The maximum Gasteiger partial charge on any atom is 0.0356 e. The third-order valence-electron chi connectivity index (χ3n) is 2.61. The molecule has 1 radical (unpaired) electrons. The van der Waals surface area contributed by atoms with Gasteiger partial charge in [-0.25, -0.2) is 0 Å². The summed E-state index contributed by atoms with van der Waals surface area (Å²) in [6.45, 7) is 0.575. The van der Waals surface area contributed by atoms with E-state index in [2.05, 4.69) is 18.2 Å². The highest BCUT2D eigenvalue weighted by atomic mass is 14.6. The SMILES string of the molecule is NCc1cccc(Cc2cc[c]cc2N)c1. The van der Waals surface area contributed by atoms with Gasteiger partial charge in [-0.15, -0.1) is 0 Å². The Kier molecular flexibility index (Phi) is 3.22. The molecule has 2 aromatic rings. The van der Waals surface area contributed by atoms with E-state index in [0.29, 0.717) is 6.54 Å². The lowest BCUT2D eigenvalue weighted by molar-refractivity contribution is 1.06. The minimum absolute atomic E-state index is 0.575. The standard InChI is InChI=1S/C14H15N2/c15-10-12-5-3-4-11(8-12)9-13-6-1-2-7-14(13)16/h1,3-8H,9-10,15-16H2. The molecule has 0 saturated carbocycles. The average molecular weight is 211 g/mol. The van der Waals surface area contributed by atoms with Crippen LogP contribution < -0.4 is 11.5 Å². The summed E-state index contributed by atoms with van der Waals surface area (Å²) in [5.74, 6) is 0. The molecule has 81 valence electrons. The third kappa shape index (κ3) is 2.41. The monoisotopic (exact) mass is 211 g/mol. The number of nitrogen functional groups attached to an aromatic ring is 1. The van der Waals surface area contributed by atoms with Crippen molar-refractivity contribution in [1.29, 1.82) is 0 Å². The minimum Gasteiger partial charge on any atom is -0.398 e. The van der Waals surface area contributed by atoms with E-state index in [1.54, 1.807) is 0 Å². The van der Waals surface area contributed by atoms with Gasteiger partial charge in [0.2, 0.25) is 0 Å². The van der Waals surface area contributed by atoms with Crippen LogP contribution in [-0.2, 0) is 13.0 Å². The van der Waals surface area contributed by atoms with Crippen molar-refractivity contribution in [2.45, 2.75) is 13.0 Å². The summed E-state index contributed by atoms with van der Waals surface area (Å²) >= 11 is 0. The van der Waals surface area contributed by atoms with Gasteiger partial charge in [0, 0.05) is 12.2 Å². The van der Waals surface area contributed by atoms with Crippen molar-refractivity contribution in [1.82, 2.24) is 0 Å². The maximum atomic E-state index is 5.88. The van der Waals surface area contributed by atoms with Crippen LogP contribution in [0.1, 0.15) is 16.7 Å². The molecule has 0 bridgehead atoms. The Morgan fingerprint density at radius 3 is 2.69 bits per heavy atom. The van der Waals surface area contributed by atoms with Crippen molar-refractivity contribution in [2.24, 2.45) is 5.73 Å². The van der Waals surface area contributed by atoms with E-state index in [1.165, 1.54) is 5.56 Å². The Labute approximate surface area is 95.9 Å². The van der Waals surface area contributed by atoms with Gasteiger partial charge in [0.25, 0.3) is 0 Å². The molecule has 16 heavy (non-hydrogen) atoms. The summed E-state index contributed by atoms with van der Waals surface area (Å²) in [6, 6.07) is 16.9. The third-order valence-corrected chi connectivity index (χ3v) is 2.61. The van der Waals surface area contributed by atoms with Gasteiger partial charge in [0.15, 0.2) is 0 Å². The Hall–Kier alpha value is -1.80. The second kappa shape index (κ2) is 4.81. The van der Waals surface area contributed by atoms with E-state index < -0.39 is 0 Å². The van der Waals surface area contributed by atoms with Gasteiger partial charge in [-0.2, -0.15) is 0 Å². The summed E-state index contributed by atoms with van der Waals surface area (Å²) in [4.78, 5) is 0. The Bertz CT molecular complexity index is 478. The van der Waals surface area contributed by atoms with Gasteiger partial charge in [0.1, 0.15) is 0 Å². The fraction of sp³-hybridized carbons (Fsp3) is 0.143. The van der Waals surface area contributed by atoms with Crippen LogP contribution in [-0.4, -0.2) is 0 Å². The number of rotatable bonds is 3. The van der Waals surface area contributed by atoms with E-state index in [4.69, 9.17) is 11.5 Å². The number of hydrogen-bond donors (Lipinski definition) is 2. The summed E-state index contributed by atoms with van der Waals surface area (Å²) < 4.78 is 0. The van der Waals surface area contributed by atoms with Crippen molar-refractivity contribution in [2.75, 3.05) is 5.73 Å².